The topological polar surface area (TPSA) is 92.2 Å². The fraction of sp³-hybridized carbons (Fsp3) is 0.400. The van der Waals surface area contributed by atoms with Gasteiger partial charge in [0, 0.05) is 12.2 Å². The Bertz CT molecular complexity index is 833. The molecule has 3 rings (SSSR count). The number of benzene rings is 1. The maximum atomic E-state index is 12.1. The van der Waals surface area contributed by atoms with Crippen LogP contribution in [0.3, 0.4) is 0 Å². The highest BCUT2D eigenvalue weighted by molar-refractivity contribution is 7.99. The van der Waals surface area contributed by atoms with Gasteiger partial charge in [-0.2, -0.15) is 0 Å². The number of aromatic nitrogens is 3. The summed E-state index contributed by atoms with van der Waals surface area (Å²) in [6.45, 7) is 6.66. The zero-order chi connectivity index (χ0) is 20.5. The van der Waals surface area contributed by atoms with Gasteiger partial charge in [0.15, 0.2) is 11.0 Å². The van der Waals surface area contributed by atoms with Crippen molar-refractivity contribution in [2.75, 3.05) is 25.4 Å². The summed E-state index contributed by atoms with van der Waals surface area (Å²) in [6.07, 6.45) is 5.23. The number of amides is 3. The van der Waals surface area contributed by atoms with Crippen LogP contribution >= 0.6 is 11.8 Å². The van der Waals surface area contributed by atoms with E-state index in [0.717, 1.165) is 31.1 Å². The SMILES string of the molecule is C=CCNC(=O)NC(=O)CSc1nnc(CN2CCCCC2)n1-c1ccccc1. The Hall–Kier alpha value is -2.65. The van der Waals surface area contributed by atoms with Crippen LogP contribution in [0.2, 0.25) is 0 Å². The van der Waals surface area contributed by atoms with Crippen molar-refractivity contribution < 1.29 is 9.59 Å². The maximum absolute atomic E-state index is 12.1. The second-order valence-electron chi connectivity index (χ2n) is 6.74. The lowest BCUT2D eigenvalue weighted by atomic mass is 10.1. The number of nitrogens with zero attached hydrogens (tertiary/aromatic N) is 4. The average Bonchev–Trinajstić information content (AvgIpc) is 3.14. The van der Waals surface area contributed by atoms with Crippen LogP contribution in [-0.4, -0.2) is 57.0 Å². The van der Waals surface area contributed by atoms with Gasteiger partial charge in [-0.25, -0.2) is 4.79 Å². The first kappa shape index (κ1) is 21.1. The van der Waals surface area contributed by atoms with Gasteiger partial charge < -0.3 is 5.32 Å². The van der Waals surface area contributed by atoms with E-state index in [0.29, 0.717) is 11.7 Å². The first-order valence-electron chi connectivity index (χ1n) is 9.71. The maximum Gasteiger partial charge on any atom is 0.321 e. The van der Waals surface area contributed by atoms with Gasteiger partial charge in [0.2, 0.25) is 5.91 Å². The molecule has 1 aliphatic rings. The minimum atomic E-state index is -0.536. The van der Waals surface area contributed by atoms with E-state index >= 15 is 0 Å². The Labute approximate surface area is 174 Å². The summed E-state index contributed by atoms with van der Waals surface area (Å²) < 4.78 is 1.99. The molecule has 1 aromatic carbocycles. The van der Waals surface area contributed by atoms with E-state index in [4.69, 9.17) is 0 Å². The number of nitrogens with one attached hydrogen (secondary N) is 2. The number of hydrogen-bond donors (Lipinski definition) is 2. The van der Waals surface area contributed by atoms with Gasteiger partial charge in [-0.3, -0.25) is 19.6 Å². The molecule has 0 saturated carbocycles. The van der Waals surface area contributed by atoms with Gasteiger partial charge in [-0.15, -0.1) is 16.8 Å². The Morgan fingerprint density at radius 3 is 2.62 bits per heavy atom. The minimum Gasteiger partial charge on any atom is -0.334 e. The molecule has 2 N–H and O–H groups in total. The van der Waals surface area contributed by atoms with E-state index in [9.17, 15) is 9.59 Å². The predicted octanol–water partition coefficient (Wildman–Crippen LogP) is 2.36. The lowest BCUT2D eigenvalue weighted by molar-refractivity contribution is -0.117. The van der Waals surface area contributed by atoms with Gasteiger partial charge in [0.25, 0.3) is 0 Å². The van der Waals surface area contributed by atoms with Crippen molar-refractivity contribution in [1.29, 1.82) is 0 Å². The number of piperidine rings is 1. The van der Waals surface area contributed by atoms with E-state index in [1.165, 1.54) is 31.0 Å². The van der Waals surface area contributed by atoms with E-state index in [1.54, 1.807) is 6.08 Å². The lowest BCUT2D eigenvalue weighted by Crippen LogP contribution is -2.40. The molecular weight excluding hydrogens is 388 g/mol. The molecule has 2 aromatic rings. The molecule has 1 aliphatic heterocycles. The standard InChI is InChI=1S/C20H26N6O2S/c1-2-11-21-19(28)22-18(27)15-29-20-24-23-17(14-25-12-7-4-8-13-25)26(20)16-9-5-3-6-10-16/h2-3,5-6,9-10H,1,4,7-8,11-15H2,(H2,21,22,27,28). The van der Waals surface area contributed by atoms with Crippen molar-refractivity contribution in [2.45, 2.75) is 31.0 Å². The fourth-order valence-corrected chi connectivity index (χ4v) is 3.92. The Balaban J connectivity index is 1.70. The normalized spacial score (nSPS) is 14.3. The highest BCUT2D eigenvalue weighted by Crippen LogP contribution is 2.23. The van der Waals surface area contributed by atoms with Crippen LogP contribution in [0.15, 0.2) is 48.1 Å². The summed E-state index contributed by atoms with van der Waals surface area (Å²) in [7, 11) is 0. The summed E-state index contributed by atoms with van der Waals surface area (Å²) in [6, 6.07) is 9.34. The van der Waals surface area contributed by atoms with E-state index in [1.807, 2.05) is 34.9 Å². The first-order valence-corrected chi connectivity index (χ1v) is 10.7. The molecule has 9 heteroatoms. The molecule has 8 nitrogen and oxygen atoms in total. The minimum absolute atomic E-state index is 0.0657. The summed E-state index contributed by atoms with van der Waals surface area (Å²) in [5.41, 5.74) is 0.955. The molecule has 0 aliphatic carbocycles. The third-order valence-corrected chi connectivity index (χ3v) is 5.45. The van der Waals surface area contributed by atoms with Crippen molar-refractivity contribution in [2.24, 2.45) is 0 Å². The molecular formula is C20H26N6O2S. The molecule has 154 valence electrons. The molecule has 1 aromatic heterocycles. The number of hydrogen-bond acceptors (Lipinski definition) is 6. The van der Waals surface area contributed by atoms with Crippen molar-refractivity contribution in [3.63, 3.8) is 0 Å². The molecule has 0 bridgehead atoms. The Morgan fingerprint density at radius 2 is 1.90 bits per heavy atom. The number of carbonyl (C=O) groups is 2. The van der Waals surface area contributed by atoms with Crippen molar-refractivity contribution in [3.8, 4) is 5.69 Å². The van der Waals surface area contributed by atoms with Crippen LogP contribution in [0.5, 0.6) is 0 Å². The summed E-state index contributed by atoms with van der Waals surface area (Å²) >= 11 is 1.26. The molecule has 1 fully saturated rings. The summed E-state index contributed by atoms with van der Waals surface area (Å²) in [5, 5.41) is 14.1. The highest BCUT2D eigenvalue weighted by Gasteiger charge is 2.19. The number of carbonyl (C=O) groups excluding carboxylic acids is 2. The predicted molar refractivity (Wildman–Crippen MR) is 113 cm³/mol. The zero-order valence-corrected chi connectivity index (χ0v) is 17.2. The van der Waals surface area contributed by atoms with Gasteiger partial charge >= 0.3 is 6.03 Å². The number of thioether (sulfide) groups is 1. The van der Waals surface area contributed by atoms with Crippen molar-refractivity contribution in [3.05, 3.63) is 48.8 Å². The lowest BCUT2D eigenvalue weighted by Gasteiger charge is -2.26. The third-order valence-electron chi connectivity index (χ3n) is 4.52. The smallest absolute Gasteiger partial charge is 0.321 e. The Morgan fingerprint density at radius 1 is 1.14 bits per heavy atom. The third kappa shape index (κ3) is 6.16. The van der Waals surface area contributed by atoms with Crippen molar-refractivity contribution in [1.82, 2.24) is 30.3 Å². The second kappa shape index (κ2) is 10.8. The van der Waals surface area contributed by atoms with Gasteiger partial charge in [-0.05, 0) is 38.1 Å². The molecule has 0 unspecified atom stereocenters. The molecule has 0 radical (unpaired) electrons. The summed E-state index contributed by atoms with van der Waals surface area (Å²) in [4.78, 5) is 26.1. The molecule has 0 atom stereocenters. The van der Waals surface area contributed by atoms with Crippen LogP contribution < -0.4 is 10.6 Å². The van der Waals surface area contributed by atoms with Gasteiger partial charge in [0.1, 0.15) is 0 Å². The highest BCUT2D eigenvalue weighted by atomic mass is 32.2. The van der Waals surface area contributed by atoms with E-state index in [-0.39, 0.29) is 5.75 Å². The average molecular weight is 415 g/mol. The van der Waals surface area contributed by atoms with Gasteiger partial charge in [0.05, 0.1) is 12.3 Å². The Kier molecular flexibility index (Phi) is 7.83. The summed E-state index contributed by atoms with van der Waals surface area (Å²) in [5.74, 6) is 0.525. The zero-order valence-electron chi connectivity index (χ0n) is 16.3. The van der Waals surface area contributed by atoms with E-state index in [2.05, 4.69) is 32.3 Å². The quantitative estimate of drug-likeness (QED) is 0.509. The van der Waals surface area contributed by atoms with Crippen LogP contribution in [0.25, 0.3) is 5.69 Å². The fourth-order valence-electron chi connectivity index (χ4n) is 3.15. The van der Waals surface area contributed by atoms with Crippen molar-refractivity contribution >= 4 is 23.7 Å². The number of para-hydroxylation sites is 1. The van der Waals surface area contributed by atoms with Crippen LogP contribution in [-0.2, 0) is 11.3 Å². The number of rotatable bonds is 8. The first-order chi connectivity index (χ1) is 14.2. The number of urea groups is 1. The van der Waals surface area contributed by atoms with E-state index < -0.39 is 11.9 Å². The molecule has 2 heterocycles. The van der Waals surface area contributed by atoms with Crippen LogP contribution in [0.4, 0.5) is 4.79 Å². The van der Waals surface area contributed by atoms with Crippen LogP contribution in [0, 0.1) is 0 Å². The molecule has 0 spiro atoms. The monoisotopic (exact) mass is 414 g/mol. The molecule has 1 saturated heterocycles. The second-order valence-corrected chi connectivity index (χ2v) is 7.68. The number of imide groups is 1. The molecule has 29 heavy (non-hydrogen) atoms. The van der Waals surface area contributed by atoms with Crippen LogP contribution in [0.1, 0.15) is 25.1 Å². The van der Waals surface area contributed by atoms with Gasteiger partial charge in [-0.1, -0.05) is 42.5 Å². The number of likely N-dealkylation sites (tertiary alicyclic amines) is 1. The largest absolute Gasteiger partial charge is 0.334 e. The molecule has 3 amide bonds.